The zero-order valence-electron chi connectivity index (χ0n) is 7.30. The minimum Gasteiger partial charge on any atom is -0.300 e. The van der Waals surface area contributed by atoms with Gasteiger partial charge in [-0.1, -0.05) is 11.3 Å². The van der Waals surface area contributed by atoms with E-state index < -0.39 is 11.7 Å². The molecule has 80 valence electrons. The van der Waals surface area contributed by atoms with E-state index >= 15 is 0 Å². The Labute approximate surface area is 86.7 Å². The summed E-state index contributed by atoms with van der Waals surface area (Å²) in [4.78, 5) is 3.97. The number of halogens is 3. The largest absolute Gasteiger partial charge is 0.416 e. The van der Waals surface area contributed by atoms with Gasteiger partial charge in [-0.3, -0.25) is 5.43 Å². The van der Waals surface area contributed by atoms with Gasteiger partial charge in [-0.2, -0.15) is 13.2 Å². The summed E-state index contributed by atoms with van der Waals surface area (Å²) in [7, 11) is 0. The number of fused-ring (bicyclic) bond motifs is 1. The van der Waals surface area contributed by atoms with Crippen molar-refractivity contribution < 1.29 is 13.2 Å². The molecule has 1 aromatic heterocycles. The number of nitrogen functional groups attached to an aromatic ring is 1. The van der Waals surface area contributed by atoms with E-state index in [0.29, 0.717) is 15.3 Å². The van der Waals surface area contributed by atoms with Gasteiger partial charge < -0.3 is 0 Å². The molecule has 2 aromatic rings. The topological polar surface area (TPSA) is 50.9 Å². The number of rotatable bonds is 1. The summed E-state index contributed by atoms with van der Waals surface area (Å²) in [5.41, 5.74) is 2.12. The lowest BCUT2D eigenvalue weighted by molar-refractivity contribution is -0.137. The molecule has 0 spiro atoms. The number of benzene rings is 1. The van der Waals surface area contributed by atoms with Crippen LogP contribution in [-0.4, -0.2) is 4.98 Å². The lowest BCUT2D eigenvalue weighted by atomic mass is 10.2. The summed E-state index contributed by atoms with van der Waals surface area (Å²) in [5.74, 6) is 5.11. The molecular formula is C8H6F3N3S. The van der Waals surface area contributed by atoms with Crippen molar-refractivity contribution in [2.45, 2.75) is 6.18 Å². The van der Waals surface area contributed by atoms with Gasteiger partial charge in [0.05, 0.1) is 15.8 Å². The number of hydrogen-bond acceptors (Lipinski definition) is 4. The van der Waals surface area contributed by atoms with Crippen LogP contribution in [0.3, 0.4) is 0 Å². The van der Waals surface area contributed by atoms with E-state index in [1.807, 2.05) is 0 Å². The summed E-state index contributed by atoms with van der Waals surface area (Å²) in [6.07, 6.45) is -4.32. The first kappa shape index (κ1) is 10.2. The second-order valence-corrected chi connectivity index (χ2v) is 3.87. The molecule has 0 fully saturated rings. The lowest BCUT2D eigenvalue weighted by Crippen LogP contribution is -2.05. The summed E-state index contributed by atoms with van der Waals surface area (Å²) in [6, 6.07) is 3.39. The quantitative estimate of drug-likeness (QED) is 0.588. The number of thiazole rings is 1. The molecule has 2 rings (SSSR count). The number of hydrogen-bond donors (Lipinski definition) is 2. The molecule has 0 bridgehead atoms. The lowest BCUT2D eigenvalue weighted by Gasteiger charge is -2.04. The number of aromatic nitrogens is 1. The van der Waals surface area contributed by atoms with Crippen LogP contribution in [0.1, 0.15) is 5.56 Å². The average molecular weight is 233 g/mol. The van der Waals surface area contributed by atoms with Crippen molar-refractivity contribution in [3.8, 4) is 0 Å². The van der Waals surface area contributed by atoms with E-state index in [1.54, 1.807) is 0 Å². The summed E-state index contributed by atoms with van der Waals surface area (Å²) < 4.78 is 37.5. The van der Waals surface area contributed by atoms with Gasteiger partial charge in [-0.05, 0) is 18.2 Å². The Hall–Kier alpha value is -1.34. The SMILES string of the molecule is NNc1nc2ccc(C(F)(F)F)cc2s1. The second kappa shape index (κ2) is 3.35. The maximum atomic E-state index is 12.3. The fourth-order valence-corrected chi connectivity index (χ4v) is 1.98. The van der Waals surface area contributed by atoms with Gasteiger partial charge in [-0.25, -0.2) is 10.8 Å². The predicted molar refractivity (Wildman–Crippen MR) is 52.4 cm³/mol. The van der Waals surface area contributed by atoms with Crippen LogP contribution in [0.2, 0.25) is 0 Å². The van der Waals surface area contributed by atoms with Crippen molar-refractivity contribution in [1.82, 2.24) is 4.98 Å². The smallest absolute Gasteiger partial charge is 0.300 e. The molecule has 15 heavy (non-hydrogen) atoms. The molecule has 3 nitrogen and oxygen atoms in total. The van der Waals surface area contributed by atoms with Crippen molar-refractivity contribution >= 4 is 26.7 Å². The normalized spacial score (nSPS) is 12.0. The molecule has 0 radical (unpaired) electrons. The molecule has 0 amide bonds. The molecule has 0 saturated heterocycles. The Bertz CT molecular complexity index is 491. The molecule has 0 saturated carbocycles. The molecule has 0 unspecified atom stereocenters. The number of anilines is 1. The zero-order chi connectivity index (χ0) is 11.1. The van der Waals surface area contributed by atoms with E-state index in [0.717, 1.165) is 23.5 Å². The summed E-state index contributed by atoms with van der Waals surface area (Å²) in [5, 5.41) is 0.393. The Balaban J connectivity index is 2.55. The first-order chi connectivity index (χ1) is 7.00. The third-order valence-electron chi connectivity index (χ3n) is 1.84. The van der Waals surface area contributed by atoms with Gasteiger partial charge in [0.2, 0.25) is 0 Å². The zero-order valence-corrected chi connectivity index (χ0v) is 8.12. The highest BCUT2D eigenvalue weighted by atomic mass is 32.1. The van der Waals surface area contributed by atoms with Crippen molar-refractivity contribution in [2.75, 3.05) is 5.43 Å². The molecule has 1 aromatic carbocycles. The first-order valence-corrected chi connectivity index (χ1v) is 4.77. The van der Waals surface area contributed by atoms with Gasteiger partial charge in [0.1, 0.15) is 0 Å². The van der Waals surface area contributed by atoms with Gasteiger partial charge in [-0.15, -0.1) is 0 Å². The maximum absolute atomic E-state index is 12.3. The van der Waals surface area contributed by atoms with Crippen molar-refractivity contribution in [1.29, 1.82) is 0 Å². The van der Waals surface area contributed by atoms with Crippen molar-refractivity contribution in [3.05, 3.63) is 23.8 Å². The summed E-state index contributed by atoms with van der Waals surface area (Å²) >= 11 is 1.08. The number of hydrazine groups is 1. The van der Waals surface area contributed by atoms with Crippen LogP contribution in [0.25, 0.3) is 10.2 Å². The van der Waals surface area contributed by atoms with Gasteiger partial charge in [0.15, 0.2) is 5.13 Å². The van der Waals surface area contributed by atoms with E-state index in [9.17, 15) is 13.2 Å². The Morgan fingerprint density at radius 1 is 1.33 bits per heavy atom. The van der Waals surface area contributed by atoms with Crippen LogP contribution in [0.15, 0.2) is 18.2 Å². The molecule has 0 aliphatic heterocycles. The standard InChI is InChI=1S/C8H6F3N3S/c9-8(10,11)4-1-2-5-6(3-4)15-7(13-5)14-12/h1-3H,12H2,(H,13,14). The van der Waals surface area contributed by atoms with Crippen LogP contribution >= 0.6 is 11.3 Å². The highest BCUT2D eigenvalue weighted by Crippen LogP contribution is 2.33. The molecule has 3 N–H and O–H groups in total. The molecule has 7 heteroatoms. The van der Waals surface area contributed by atoms with Crippen LogP contribution in [-0.2, 0) is 6.18 Å². The number of nitrogens with two attached hydrogens (primary N) is 1. The number of nitrogens with zero attached hydrogens (tertiary/aromatic N) is 1. The third-order valence-corrected chi connectivity index (χ3v) is 2.79. The maximum Gasteiger partial charge on any atom is 0.416 e. The fraction of sp³-hybridized carbons (Fsp3) is 0.125. The number of nitrogens with one attached hydrogen (secondary N) is 1. The number of alkyl halides is 3. The first-order valence-electron chi connectivity index (χ1n) is 3.95. The van der Waals surface area contributed by atoms with Crippen LogP contribution in [0.4, 0.5) is 18.3 Å². The second-order valence-electron chi connectivity index (χ2n) is 2.84. The predicted octanol–water partition coefficient (Wildman–Crippen LogP) is 2.60. The average Bonchev–Trinajstić information content (AvgIpc) is 2.57. The highest BCUT2D eigenvalue weighted by molar-refractivity contribution is 7.22. The third kappa shape index (κ3) is 1.88. The molecule has 0 atom stereocenters. The molecule has 0 aliphatic rings. The van der Waals surface area contributed by atoms with Crippen molar-refractivity contribution in [2.24, 2.45) is 5.84 Å². The Morgan fingerprint density at radius 2 is 2.07 bits per heavy atom. The van der Waals surface area contributed by atoms with E-state index in [4.69, 9.17) is 5.84 Å². The highest BCUT2D eigenvalue weighted by Gasteiger charge is 2.30. The minimum atomic E-state index is -4.32. The van der Waals surface area contributed by atoms with Crippen LogP contribution < -0.4 is 11.3 Å². The molecular weight excluding hydrogens is 227 g/mol. The Kier molecular flexibility index (Phi) is 2.28. The van der Waals surface area contributed by atoms with E-state index in [2.05, 4.69) is 10.4 Å². The van der Waals surface area contributed by atoms with Crippen LogP contribution in [0, 0.1) is 0 Å². The van der Waals surface area contributed by atoms with Gasteiger partial charge in [0.25, 0.3) is 0 Å². The summed E-state index contributed by atoms with van der Waals surface area (Å²) in [6.45, 7) is 0. The molecule has 0 aliphatic carbocycles. The van der Waals surface area contributed by atoms with E-state index in [-0.39, 0.29) is 0 Å². The van der Waals surface area contributed by atoms with Gasteiger partial charge in [0, 0.05) is 0 Å². The van der Waals surface area contributed by atoms with Crippen LogP contribution in [0.5, 0.6) is 0 Å². The fourth-order valence-electron chi connectivity index (χ4n) is 1.16. The monoisotopic (exact) mass is 233 g/mol. The molecule has 1 heterocycles. The Morgan fingerprint density at radius 3 is 2.67 bits per heavy atom. The van der Waals surface area contributed by atoms with E-state index in [1.165, 1.54) is 6.07 Å². The van der Waals surface area contributed by atoms with Gasteiger partial charge >= 0.3 is 6.18 Å². The van der Waals surface area contributed by atoms with Crippen molar-refractivity contribution in [3.63, 3.8) is 0 Å². The minimum absolute atomic E-state index is 0.393.